The van der Waals surface area contributed by atoms with Gasteiger partial charge in [-0.05, 0) is 0 Å². The van der Waals surface area contributed by atoms with Crippen LogP contribution in [-0.2, 0) is 22.6 Å². The number of nitrogens with one attached hydrogen (secondary N) is 1. The van der Waals surface area contributed by atoms with Gasteiger partial charge in [0.05, 0.1) is 13.1 Å². The maximum atomic E-state index is 12.2. The molecule has 0 unspecified atom stereocenters. The Morgan fingerprint density at radius 1 is 1.33 bits per heavy atom. The highest BCUT2D eigenvalue weighted by molar-refractivity contribution is 5.95. The summed E-state index contributed by atoms with van der Waals surface area (Å²) >= 11 is 0. The summed E-state index contributed by atoms with van der Waals surface area (Å²) in [6.45, 7) is 4.73. The summed E-state index contributed by atoms with van der Waals surface area (Å²) in [5.41, 5.74) is 0. The van der Waals surface area contributed by atoms with Crippen LogP contribution >= 0.6 is 0 Å². The van der Waals surface area contributed by atoms with Gasteiger partial charge < -0.3 is 9.80 Å². The number of aromatic nitrogens is 3. The van der Waals surface area contributed by atoms with Crippen LogP contribution < -0.4 is 0 Å². The number of H-pyrrole nitrogens is 1. The summed E-state index contributed by atoms with van der Waals surface area (Å²) in [6, 6.07) is -0.362. The number of hydrogen-bond acceptors (Lipinski definition) is 5. The molecule has 8 heteroatoms. The molecule has 0 aliphatic carbocycles. The van der Waals surface area contributed by atoms with E-state index in [0.29, 0.717) is 19.6 Å². The Kier molecular flexibility index (Phi) is 3.62. The summed E-state index contributed by atoms with van der Waals surface area (Å²) < 4.78 is 0. The van der Waals surface area contributed by atoms with Gasteiger partial charge in [0.1, 0.15) is 17.7 Å². The molecule has 21 heavy (non-hydrogen) atoms. The number of piperazine rings is 2. The summed E-state index contributed by atoms with van der Waals surface area (Å²) in [7, 11) is 1.68. The third-order valence-corrected chi connectivity index (χ3v) is 4.09. The lowest BCUT2D eigenvalue weighted by Crippen LogP contribution is -2.65. The lowest BCUT2D eigenvalue weighted by molar-refractivity contribution is -0.158. The monoisotopic (exact) mass is 292 g/mol. The van der Waals surface area contributed by atoms with Crippen LogP contribution in [-0.4, -0.2) is 81.0 Å². The summed E-state index contributed by atoms with van der Waals surface area (Å²) in [6.07, 6.45) is 0.796. The second-order valence-corrected chi connectivity index (χ2v) is 5.58. The largest absolute Gasteiger partial charge is 0.335 e. The van der Waals surface area contributed by atoms with Crippen molar-refractivity contribution in [1.29, 1.82) is 0 Å². The molecule has 0 spiro atoms. The number of nitrogens with zero attached hydrogens (tertiary/aromatic N) is 5. The number of carbonyl (C=O) groups is 2. The van der Waals surface area contributed by atoms with Crippen molar-refractivity contribution in [2.45, 2.75) is 25.9 Å². The molecule has 2 fully saturated rings. The Balaban J connectivity index is 1.67. The minimum atomic E-state index is -0.362. The summed E-state index contributed by atoms with van der Waals surface area (Å²) in [5, 5.41) is 7.04. The van der Waals surface area contributed by atoms with E-state index in [1.807, 2.05) is 6.92 Å². The van der Waals surface area contributed by atoms with Crippen LogP contribution in [0.15, 0.2) is 0 Å². The third kappa shape index (κ3) is 2.63. The first kappa shape index (κ1) is 14.0. The molecular formula is C13H20N6O2. The van der Waals surface area contributed by atoms with Gasteiger partial charge in [0.2, 0.25) is 11.8 Å². The van der Waals surface area contributed by atoms with Gasteiger partial charge in [-0.25, -0.2) is 4.98 Å². The number of likely N-dealkylation sites (N-methyl/N-ethyl adjacent to an activating group) is 1. The normalized spacial score (nSPS) is 23.6. The summed E-state index contributed by atoms with van der Waals surface area (Å²) in [5.74, 6) is 1.66. The fourth-order valence-corrected chi connectivity index (χ4v) is 2.89. The Labute approximate surface area is 123 Å². The number of aromatic amines is 1. The van der Waals surface area contributed by atoms with Crippen LogP contribution in [0.1, 0.15) is 18.6 Å². The minimum absolute atomic E-state index is 0.0196. The van der Waals surface area contributed by atoms with Gasteiger partial charge in [0.25, 0.3) is 0 Å². The number of hydrogen-bond donors (Lipinski definition) is 1. The van der Waals surface area contributed by atoms with Crippen LogP contribution in [0, 0.1) is 0 Å². The van der Waals surface area contributed by atoms with E-state index in [1.165, 1.54) is 4.90 Å². The van der Waals surface area contributed by atoms with Crippen molar-refractivity contribution >= 4 is 11.8 Å². The zero-order valence-corrected chi connectivity index (χ0v) is 12.4. The highest BCUT2D eigenvalue weighted by Gasteiger charge is 2.41. The Bertz CT molecular complexity index is 557. The molecule has 0 aromatic carbocycles. The first-order valence-corrected chi connectivity index (χ1v) is 7.25. The molecule has 1 aromatic heterocycles. The van der Waals surface area contributed by atoms with Crippen molar-refractivity contribution < 1.29 is 9.59 Å². The predicted octanol–water partition coefficient (Wildman–Crippen LogP) is -1.15. The van der Waals surface area contributed by atoms with Gasteiger partial charge in [-0.2, -0.15) is 5.10 Å². The van der Waals surface area contributed by atoms with Gasteiger partial charge in [-0.15, -0.1) is 0 Å². The molecule has 2 amide bonds. The molecule has 3 rings (SSSR count). The molecule has 114 valence electrons. The molecule has 2 aliphatic rings. The highest BCUT2D eigenvalue weighted by Crippen LogP contribution is 2.18. The van der Waals surface area contributed by atoms with Crippen molar-refractivity contribution in [2.75, 3.05) is 33.2 Å². The minimum Gasteiger partial charge on any atom is -0.335 e. The number of rotatable bonds is 3. The smallest absolute Gasteiger partial charge is 0.246 e. The molecule has 0 radical (unpaired) electrons. The van der Waals surface area contributed by atoms with Crippen molar-refractivity contribution in [2.24, 2.45) is 0 Å². The van der Waals surface area contributed by atoms with Crippen molar-refractivity contribution in [3.63, 3.8) is 0 Å². The van der Waals surface area contributed by atoms with Crippen LogP contribution in [0.3, 0.4) is 0 Å². The molecule has 0 bridgehead atoms. The van der Waals surface area contributed by atoms with E-state index in [1.54, 1.807) is 11.9 Å². The molecule has 8 nitrogen and oxygen atoms in total. The molecule has 2 saturated heterocycles. The zero-order chi connectivity index (χ0) is 15.0. The van der Waals surface area contributed by atoms with Crippen LogP contribution in [0.5, 0.6) is 0 Å². The summed E-state index contributed by atoms with van der Waals surface area (Å²) in [4.78, 5) is 34.0. The quantitative estimate of drug-likeness (QED) is 0.760. The Morgan fingerprint density at radius 3 is 2.86 bits per heavy atom. The standard InChI is InChI=1S/C13H20N6O2/c1-3-10-14-11(16-15-10)7-18-4-5-19-9(6-18)13(21)17(2)8-12(19)20/h9H,3-8H2,1-2H3,(H,14,15,16)/t9-/m1/s1. The van der Waals surface area contributed by atoms with E-state index < -0.39 is 0 Å². The molecule has 1 aromatic rings. The fraction of sp³-hybridized carbons (Fsp3) is 0.692. The van der Waals surface area contributed by atoms with E-state index in [-0.39, 0.29) is 24.4 Å². The predicted molar refractivity (Wildman–Crippen MR) is 74.2 cm³/mol. The first-order chi connectivity index (χ1) is 10.1. The van der Waals surface area contributed by atoms with Crippen LogP contribution in [0.4, 0.5) is 0 Å². The Hall–Kier alpha value is -1.96. The average Bonchev–Trinajstić information content (AvgIpc) is 2.92. The van der Waals surface area contributed by atoms with Gasteiger partial charge in [0.15, 0.2) is 0 Å². The molecular weight excluding hydrogens is 272 g/mol. The van der Waals surface area contributed by atoms with Crippen molar-refractivity contribution in [1.82, 2.24) is 29.9 Å². The highest BCUT2D eigenvalue weighted by atomic mass is 16.2. The molecule has 0 saturated carbocycles. The van der Waals surface area contributed by atoms with Crippen LogP contribution in [0.25, 0.3) is 0 Å². The number of amides is 2. The molecule has 1 atom stereocenters. The molecule has 3 heterocycles. The molecule has 2 aliphatic heterocycles. The number of carbonyl (C=O) groups excluding carboxylic acids is 2. The number of aryl methyl sites for hydroxylation is 1. The second-order valence-electron chi connectivity index (χ2n) is 5.58. The van der Waals surface area contributed by atoms with Crippen molar-refractivity contribution in [3.8, 4) is 0 Å². The van der Waals surface area contributed by atoms with Gasteiger partial charge in [-0.1, -0.05) is 6.92 Å². The SMILES string of the molecule is CCc1n[nH]c(CN2CCN3C(=O)CN(C)C(=O)[C@H]3C2)n1. The number of fused-ring (bicyclic) bond motifs is 1. The van der Waals surface area contributed by atoms with Gasteiger partial charge in [-0.3, -0.25) is 19.6 Å². The average molecular weight is 292 g/mol. The lowest BCUT2D eigenvalue weighted by Gasteiger charge is -2.45. The Morgan fingerprint density at radius 2 is 2.14 bits per heavy atom. The topological polar surface area (TPSA) is 85.4 Å². The third-order valence-electron chi connectivity index (χ3n) is 4.09. The van der Waals surface area contributed by atoms with Gasteiger partial charge in [0, 0.05) is 33.1 Å². The maximum absolute atomic E-state index is 12.2. The van der Waals surface area contributed by atoms with Gasteiger partial charge >= 0.3 is 0 Å². The fourth-order valence-electron chi connectivity index (χ4n) is 2.89. The van der Waals surface area contributed by atoms with E-state index in [2.05, 4.69) is 20.1 Å². The first-order valence-electron chi connectivity index (χ1n) is 7.25. The van der Waals surface area contributed by atoms with E-state index in [9.17, 15) is 9.59 Å². The second kappa shape index (κ2) is 5.44. The van der Waals surface area contributed by atoms with Crippen molar-refractivity contribution in [3.05, 3.63) is 11.6 Å². The lowest BCUT2D eigenvalue weighted by atomic mass is 10.1. The van der Waals surface area contributed by atoms with Crippen LogP contribution in [0.2, 0.25) is 0 Å². The molecule has 1 N–H and O–H groups in total. The van der Waals surface area contributed by atoms with E-state index in [0.717, 1.165) is 24.6 Å². The van der Waals surface area contributed by atoms with E-state index in [4.69, 9.17) is 0 Å². The maximum Gasteiger partial charge on any atom is 0.246 e. The zero-order valence-electron chi connectivity index (χ0n) is 12.4. The van der Waals surface area contributed by atoms with E-state index >= 15 is 0 Å².